The predicted octanol–water partition coefficient (Wildman–Crippen LogP) is 2.00. The second-order valence-electron chi connectivity index (χ2n) is 3.80. The van der Waals surface area contributed by atoms with E-state index in [1.165, 1.54) is 6.92 Å². The fraction of sp³-hybridized carbons (Fsp3) is 0.545. The highest BCUT2D eigenvalue weighted by Gasteiger charge is 2.12. The van der Waals surface area contributed by atoms with Gasteiger partial charge in [-0.2, -0.15) is 0 Å². The van der Waals surface area contributed by atoms with E-state index in [0.717, 1.165) is 9.88 Å². The van der Waals surface area contributed by atoms with Crippen LogP contribution in [0.5, 0.6) is 0 Å². The Bertz CT molecular complexity index is 387. The van der Waals surface area contributed by atoms with E-state index in [1.807, 2.05) is 13.8 Å². The number of aromatic nitrogens is 1. The Balaban J connectivity index is 2.42. The molecule has 1 atom stereocenters. The van der Waals surface area contributed by atoms with Gasteiger partial charge in [0.1, 0.15) is 10.8 Å². The van der Waals surface area contributed by atoms with Gasteiger partial charge in [-0.3, -0.25) is 4.79 Å². The van der Waals surface area contributed by atoms with Gasteiger partial charge in [-0.25, -0.2) is 4.98 Å². The highest BCUT2D eigenvalue weighted by Crippen LogP contribution is 2.18. The van der Waals surface area contributed by atoms with Crippen molar-refractivity contribution in [3.8, 4) is 0 Å². The van der Waals surface area contributed by atoms with Crippen molar-refractivity contribution in [3.63, 3.8) is 0 Å². The molecule has 0 aromatic carbocycles. The van der Waals surface area contributed by atoms with E-state index in [-0.39, 0.29) is 24.2 Å². The van der Waals surface area contributed by atoms with E-state index >= 15 is 0 Å². The van der Waals surface area contributed by atoms with E-state index in [0.29, 0.717) is 6.42 Å². The SMILES string of the molecule is CC(=O)CCC(=O)NC(C)c1ncc(C)s1. The first-order valence-corrected chi connectivity index (χ1v) is 6.02. The van der Waals surface area contributed by atoms with Crippen LogP contribution in [0.2, 0.25) is 0 Å². The summed E-state index contributed by atoms with van der Waals surface area (Å²) in [7, 11) is 0. The Morgan fingerprint density at radius 1 is 1.50 bits per heavy atom. The summed E-state index contributed by atoms with van der Waals surface area (Å²) in [5, 5.41) is 3.72. The largest absolute Gasteiger partial charge is 0.347 e. The van der Waals surface area contributed by atoms with Gasteiger partial charge >= 0.3 is 0 Å². The third-order valence-electron chi connectivity index (χ3n) is 2.09. The topological polar surface area (TPSA) is 59.1 Å². The van der Waals surface area contributed by atoms with Gasteiger partial charge in [-0.1, -0.05) is 0 Å². The number of ketones is 1. The molecule has 0 saturated carbocycles. The van der Waals surface area contributed by atoms with Crippen molar-refractivity contribution in [2.45, 2.75) is 39.7 Å². The maximum atomic E-state index is 11.5. The minimum absolute atomic E-state index is 0.0351. The van der Waals surface area contributed by atoms with Gasteiger partial charge in [0.15, 0.2) is 0 Å². The molecule has 1 N–H and O–H groups in total. The molecule has 0 spiro atoms. The molecule has 1 heterocycles. The van der Waals surface area contributed by atoms with Crippen LogP contribution in [0.15, 0.2) is 6.20 Å². The quantitative estimate of drug-likeness (QED) is 0.856. The molecule has 0 saturated heterocycles. The molecule has 16 heavy (non-hydrogen) atoms. The van der Waals surface area contributed by atoms with E-state index in [9.17, 15) is 9.59 Å². The molecule has 0 bridgehead atoms. The Hall–Kier alpha value is -1.23. The number of hydrogen-bond donors (Lipinski definition) is 1. The summed E-state index contributed by atoms with van der Waals surface area (Å²) >= 11 is 1.57. The molecule has 1 aromatic heterocycles. The molecular formula is C11H16N2O2S. The second-order valence-corrected chi connectivity index (χ2v) is 5.07. The lowest BCUT2D eigenvalue weighted by molar-refractivity contribution is -0.125. The summed E-state index contributed by atoms with van der Waals surface area (Å²) in [4.78, 5) is 27.5. The zero-order chi connectivity index (χ0) is 12.1. The highest BCUT2D eigenvalue weighted by molar-refractivity contribution is 7.11. The highest BCUT2D eigenvalue weighted by atomic mass is 32.1. The minimum atomic E-state index is -0.101. The molecule has 0 fully saturated rings. The average molecular weight is 240 g/mol. The molecule has 1 rings (SSSR count). The Morgan fingerprint density at radius 3 is 2.69 bits per heavy atom. The number of rotatable bonds is 5. The molecular weight excluding hydrogens is 224 g/mol. The number of Topliss-reactive ketones (excluding diaryl/α,β-unsaturated/α-hetero) is 1. The molecule has 0 radical (unpaired) electrons. The number of carbonyl (C=O) groups is 2. The Kier molecular flexibility index (Phi) is 4.61. The zero-order valence-corrected chi connectivity index (χ0v) is 10.6. The van der Waals surface area contributed by atoms with Crippen molar-refractivity contribution in [1.29, 1.82) is 0 Å². The summed E-state index contributed by atoms with van der Waals surface area (Å²) < 4.78 is 0. The zero-order valence-electron chi connectivity index (χ0n) is 9.74. The number of carbonyl (C=O) groups excluding carboxylic acids is 2. The van der Waals surface area contributed by atoms with Gasteiger partial charge < -0.3 is 10.1 Å². The van der Waals surface area contributed by atoms with Crippen molar-refractivity contribution in [3.05, 3.63) is 16.1 Å². The normalized spacial score (nSPS) is 12.2. The molecule has 0 aliphatic heterocycles. The van der Waals surface area contributed by atoms with E-state index in [1.54, 1.807) is 17.5 Å². The first-order valence-electron chi connectivity index (χ1n) is 5.20. The third-order valence-corrected chi connectivity index (χ3v) is 3.19. The predicted molar refractivity (Wildman–Crippen MR) is 63.3 cm³/mol. The van der Waals surface area contributed by atoms with Crippen molar-refractivity contribution in [2.24, 2.45) is 0 Å². The summed E-state index contributed by atoms with van der Waals surface area (Å²) in [6, 6.07) is -0.0850. The second kappa shape index (κ2) is 5.75. The average Bonchev–Trinajstić information content (AvgIpc) is 2.62. The number of nitrogens with one attached hydrogen (secondary N) is 1. The fourth-order valence-electron chi connectivity index (χ4n) is 1.24. The molecule has 88 valence electrons. The minimum Gasteiger partial charge on any atom is -0.347 e. The van der Waals surface area contributed by atoms with Crippen LogP contribution in [0.4, 0.5) is 0 Å². The van der Waals surface area contributed by atoms with Crippen LogP contribution in [0.25, 0.3) is 0 Å². The summed E-state index contributed by atoms with van der Waals surface area (Å²) in [5.41, 5.74) is 0. The maximum absolute atomic E-state index is 11.5. The number of nitrogens with zero attached hydrogens (tertiary/aromatic N) is 1. The van der Waals surface area contributed by atoms with Gasteiger partial charge in [-0.05, 0) is 20.8 Å². The van der Waals surface area contributed by atoms with E-state index in [4.69, 9.17) is 0 Å². The molecule has 5 heteroatoms. The van der Waals surface area contributed by atoms with Crippen LogP contribution >= 0.6 is 11.3 Å². The number of hydrogen-bond acceptors (Lipinski definition) is 4. The molecule has 1 amide bonds. The molecule has 4 nitrogen and oxygen atoms in total. The molecule has 0 aliphatic rings. The number of aryl methyl sites for hydroxylation is 1. The van der Waals surface area contributed by atoms with Crippen LogP contribution in [0, 0.1) is 6.92 Å². The number of thiazole rings is 1. The van der Waals surface area contributed by atoms with E-state index in [2.05, 4.69) is 10.3 Å². The van der Waals surface area contributed by atoms with Crippen LogP contribution in [0.3, 0.4) is 0 Å². The Labute approximate surface area is 99.1 Å². The van der Waals surface area contributed by atoms with Crippen molar-refractivity contribution < 1.29 is 9.59 Å². The molecule has 1 aromatic rings. The van der Waals surface area contributed by atoms with Crippen molar-refractivity contribution >= 4 is 23.0 Å². The standard InChI is InChI=1S/C11H16N2O2S/c1-7(14)4-5-10(15)13-9(3)11-12-6-8(2)16-11/h6,9H,4-5H2,1-3H3,(H,13,15). The van der Waals surface area contributed by atoms with Gasteiger partial charge in [0.25, 0.3) is 0 Å². The lowest BCUT2D eigenvalue weighted by Crippen LogP contribution is -2.26. The van der Waals surface area contributed by atoms with Crippen LogP contribution in [-0.4, -0.2) is 16.7 Å². The third kappa shape index (κ3) is 4.10. The smallest absolute Gasteiger partial charge is 0.220 e. The summed E-state index contributed by atoms with van der Waals surface area (Å²) in [5.74, 6) is -0.0663. The van der Waals surface area contributed by atoms with Gasteiger partial charge in [0.05, 0.1) is 6.04 Å². The van der Waals surface area contributed by atoms with Crippen LogP contribution in [-0.2, 0) is 9.59 Å². The summed E-state index contributed by atoms with van der Waals surface area (Å²) in [6.07, 6.45) is 2.34. The van der Waals surface area contributed by atoms with Crippen LogP contribution in [0.1, 0.15) is 42.6 Å². The van der Waals surface area contributed by atoms with E-state index < -0.39 is 0 Å². The molecule has 0 aliphatic carbocycles. The lowest BCUT2D eigenvalue weighted by Gasteiger charge is -2.10. The van der Waals surface area contributed by atoms with Crippen LogP contribution < -0.4 is 5.32 Å². The monoisotopic (exact) mass is 240 g/mol. The van der Waals surface area contributed by atoms with Gasteiger partial charge in [-0.15, -0.1) is 11.3 Å². The Morgan fingerprint density at radius 2 is 2.19 bits per heavy atom. The van der Waals surface area contributed by atoms with Gasteiger partial charge in [0, 0.05) is 23.9 Å². The van der Waals surface area contributed by atoms with Crippen molar-refractivity contribution in [1.82, 2.24) is 10.3 Å². The number of amides is 1. The first kappa shape index (κ1) is 12.8. The molecule has 1 unspecified atom stereocenters. The lowest BCUT2D eigenvalue weighted by atomic mass is 10.2. The van der Waals surface area contributed by atoms with Gasteiger partial charge in [0.2, 0.25) is 5.91 Å². The first-order chi connectivity index (χ1) is 7.49. The maximum Gasteiger partial charge on any atom is 0.220 e. The fourth-order valence-corrected chi connectivity index (χ4v) is 2.01. The van der Waals surface area contributed by atoms with Crippen molar-refractivity contribution in [2.75, 3.05) is 0 Å². The summed E-state index contributed by atoms with van der Waals surface area (Å²) in [6.45, 7) is 5.36.